The van der Waals surface area contributed by atoms with Crippen molar-refractivity contribution in [3.63, 3.8) is 0 Å². The van der Waals surface area contributed by atoms with Gasteiger partial charge < -0.3 is 0 Å². The fourth-order valence-electron chi connectivity index (χ4n) is 1.49. The van der Waals surface area contributed by atoms with Crippen LogP contribution in [-0.2, 0) is 0 Å². The average molecular weight is 258 g/mol. The van der Waals surface area contributed by atoms with E-state index in [0.717, 1.165) is 5.92 Å². The molecule has 0 heterocycles. The summed E-state index contributed by atoms with van der Waals surface area (Å²) in [5.74, 6) is 0.895. The van der Waals surface area contributed by atoms with Crippen molar-refractivity contribution >= 4 is 22.6 Å². The smallest absolute Gasteiger partial charge is 0.0133 e. The Morgan fingerprint density at radius 2 is 2.09 bits per heavy atom. The molecule has 0 spiro atoms. The number of rotatable bonds is 1. The summed E-state index contributed by atoms with van der Waals surface area (Å²) in [5, 5.41) is 0. The molecule has 0 unspecified atom stereocenters. The molecule has 0 aromatic heterocycles. The van der Waals surface area contributed by atoms with Gasteiger partial charge >= 0.3 is 0 Å². The molecule has 0 saturated heterocycles. The first kappa shape index (κ1) is 7.59. The molecule has 58 valence electrons. The number of hydrogen-bond donors (Lipinski definition) is 0. The first-order chi connectivity index (χ1) is 5.27. The van der Waals surface area contributed by atoms with Crippen LogP contribution in [-0.4, -0.2) is 0 Å². The fourth-order valence-corrected chi connectivity index (χ4v) is 2.14. The zero-order valence-corrected chi connectivity index (χ0v) is 8.76. The topological polar surface area (TPSA) is 0 Å². The van der Waals surface area contributed by atoms with Gasteiger partial charge in [0.25, 0.3) is 0 Å². The molecule has 1 aliphatic carbocycles. The van der Waals surface area contributed by atoms with Crippen LogP contribution in [0.25, 0.3) is 0 Å². The molecule has 0 nitrogen and oxygen atoms in total. The molecule has 1 aromatic carbocycles. The van der Waals surface area contributed by atoms with Crippen LogP contribution in [0.4, 0.5) is 0 Å². The van der Waals surface area contributed by atoms with Crippen molar-refractivity contribution < 1.29 is 0 Å². The van der Waals surface area contributed by atoms with Gasteiger partial charge in [-0.2, -0.15) is 0 Å². The van der Waals surface area contributed by atoms with Gasteiger partial charge in [0.15, 0.2) is 0 Å². The lowest BCUT2D eigenvalue weighted by Crippen LogP contribution is -1.85. The van der Waals surface area contributed by atoms with Crippen LogP contribution < -0.4 is 0 Å². The summed E-state index contributed by atoms with van der Waals surface area (Å²) in [6, 6.07) is 6.77. The highest BCUT2D eigenvalue weighted by molar-refractivity contribution is 14.1. The number of halogens is 1. The van der Waals surface area contributed by atoms with E-state index < -0.39 is 0 Å². The normalized spacial score (nSPS) is 16.9. The van der Waals surface area contributed by atoms with E-state index in [9.17, 15) is 0 Å². The summed E-state index contributed by atoms with van der Waals surface area (Å²) in [4.78, 5) is 0. The van der Waals surface area contributed by atoms with Crippen LogP contribution in [0, 0.1) is 10.5 Å². The van der Waals surface area contributed by atoms with Gasteiger partial charge in [0.05, 0.1) is 0 Å². The number of aryl methyl sites for hydroxylation is 1. The van der Waals surface area contributed by atoms with Gasteiger partial charge in [-0.3, -0.25) is 0 Å². The van der Waals surface area contributed by atoms with Gasteiger partial charge in [0.1, 0.15) is 0 Å². The highest BCUT2D eigenvalue weighted by atomic mass is 127. The second-order valence-corrected chi connectivity index (χ2v) is 4.52. The van der Waals surface area contributed by atoms with Crippen molar-refractivity contribution in [2.75, 3.05) is 0 Å². The van der Waals surface area contributed by atoms with E-state index in [1.807, 2.05) is 0 Å². The summed E-state index contributed by atoms with van der Waals surface area (Å²) in [6.45, 7) is 2.22. The van der Waals surface area contributed by atoms with Gasteiger partial charge in [-0.1, -0.05) is 6.07 Å². The molecule has 0 amide bonds. The predicted octanol–water partition coefficient (Wildman–Crippen LogP) is 3.48. The zero-order chi connectivity index (χ0) is 7.84. The van der Waals surface area contributed by atoms with Crippen molar-refractivity contribution in [2.24, 2.45) is 0 Å². The molecule has 0 N–H and O–H groups in total. The van der Waals surface area contributed by atoms with Crippen molar-refractivity contribution in [3.8, 4) is 0 Å². The SMILES string of the molecule is Cc1cc(I)ccc1C1CC1. The minimum atomic E-state index is 0.895. The van der Waals surface area contributed by atoms with Crippen molar-refractivity contribution in [1.82, 2.24) is 0 Å². The summed E-state index contributed by atoms with van der Waals surface area (Å²) < 4.78 is 1.35. The second-order valence-electron chi connectivity index (χ2n) is 3.28. The van der Waals surface area contributed by atoms with E-state index in [2.05, 4.69) is 47.7 Å². The van der Waals surface area contributed by atoms with Crippen molar-refractivity contribution in [2.45, 2.75) is 25.7 Å². The monoisotopic (exact) mass is 258 g/mol. The Hall–Kier alpha value is -0.0500. The Morgan fingerprint density at radius 3 is 2.64 bits per heavy atom. The fraction of sp³-hybridized carbons (Fsp3) is 0.400. The maximum atomic E-state index is 2.37. The molecule has 1 fully saturated rings. The van der Waals surface area contributed by atoms with Gasteiger partial charge in [-0.15, -0.1) is 0 Å². The molecule has 2 rings (SSSR count). The van der Waals surface area contributed by atoms with E-state index in [-0.39, 0.29) is 0 Å². The molecule has 0 aliphatic heterocycles. The first-order valence-corrected chi connectivity index (χ1v) is 5.11. The quantitative estimate of drug-likeness (QED) is 0.676. The van der Waals surface area contributed by atoms with Crippen LogP contribution in [0.5, 0.6) is 0 Å². The summed E-state index contributed by atoms with van der Waals surface area (Å²) in [6.07, 6.45) is 2.81. The largest absolute Gasteiger partial charge is 0.0574 e. The van der Waals surface area contributed by atoms with E-state index in [1.165, 1.54) is 22.0 Å². The van der Waals surface area contributed by atoms with Crippen molar-refractivity contribution in [1.29, 1.82) is 0 Å². The first-order valence-electron chi connectivity index (χ1n) is 4.03. The molecular weight excluding hydrogens is 247 g/mol. The lowest BCUT2D eigenvalue weighted by atomic mass is 10.1. The lowest BCUT2D eigenvalue weighted by Gasteiger charge is -2.02. The Morgan fingerprint density at radius 1 is 1.36 bits per heavy atom. The standard InChI is InChI=1S/C10H11I/c1-7-6-9(11)4-5-10(7)8-2-3-8/h4-6,8H,2-3H2,1H3. The second kappa shape index (κ2) is 2.77. The van der Waals surface area contributed by atoms with Crippen LogP contribution in [0.15, 0.2) is 18.2 Å². The van der Waals surface area contributed by atoms with Crippen LogP contribution in [0.1, 0.15) is 29.9 Å². The Labute approximate surface area is 81.1 Å². The van der Waals surface area contributed by atoms with Gasteiger partial charge in [0.2, 0.25) is 0 Å². The Bertz CT molecular complexity index is 274. The number of hydrogen-bond acceptors (Lipinski definition) is 0. The van der Waals surface area contributed by atoms with E-state index >= 15 is 0 Å². The third-order valence-corrected chi connectivity index (χ3v) is 2.92. The molecule has 11 heavy (non-hydrogen) atoms. The number of benzene rings is 1. The van der Waals surface area contributed by atoms with E-state index in [4.69, 9.17) is 0 Å². The van der Waals surface area contributed by atoms with E-state index in [0.29, 0.717) is 0 Å². The third kappa shape index (κ3) is 1.58. The van der Waals surface area contributed by atoms with Crippen LogP contribution in [0.2, 0.25) is 0 Å². The molecule has 1 heteroatoms. The summed E-state index contributed by atoms with van der Waals surface area (Å²) in [7, 11) is 0. The highest BCUT2D eigenvalue weighted by Crippen LogP contribution is 2.41. The van der Waals surface area contributed by atoms with Crippen LogP contribution >= 0.6 is 22.6 Å². The van der Waals surface area contributed by atoms with Crippen molar-refractivity contribution in [3.05, 3.63) is 32.9 Å². The van der Waals surface area contributed by atoms with Gasteiger partial charge in [-0.25, -0.2) is 0 Å². The zero-order valence-electron chi connectivity index (χ0n) is 6.60. The highest BCUT2D eigenvalue weighted by Gasteiger charge is 2.24. The Kier molecular flexibility index (Phi) is 1.91. The molecule has 0 bridgehead atoms. The predicted molar refractivity (Wildman–Crippen MR) is 55.9 cm³/mol. The summed E-state index contributed by atoms with van der Waals surface area (Å²) in [5.41, 5.74) is 3.05. The van der Waals surface area contributed by atoms with Gasteiger partial charge in [-0.05, 0) is 71.5 Å². The minimum absolute atomic E-state index is 0.895. The van der Waals surface area contributed by atoms with E-state index in [1.54, 1.807) is 5.56 Å². The third-order valence-electron chi connectivity index (χ3n) is 2.25. The maximum Gasteiger partial charge on any atom is 0.0133 e. The lowest BCUT2D eigenvalue weighted by molar-refractivity contribution is 1.10. The average Bonchev–Trinajstić information content (AvgIpc) is 2.70. The van der Waals surface area contributed by atoms with Crippen LogP contribution in [0.3, 0.4) is 0 Å². The molecule has 1 aliphatic rings. The Balaban J connectivity index is 2.39. The molecule has 1 aromatic rings. The molecule has 1 saturated carbocycles. The van der Waals surface area contributed by atoms with Gasteiger partial charge in [0, 0.05) is 3.57 Å². The minimum Gasteiger partial charge on any atom is -0.0574 e. The summed E-state index contributed by atoms with van der Waals surface area (Å²) >= 11 is 2.37. The molecule has 0 radical (unpaired) electrons. The molecular formula is C10H11I. The maximum absolute atomic E-state index is 2.37. The molecule has 0 atom stereocenters.